The van der Waals surface area contributed by atoms with Crippen LogP contribution in [0.2, 0.25) is 0 Å². The number of ketones is 1. The number of aliphatic carboxylic acids is 1. The number of allylic oxidation sites excluding steroid dienone is 1. The number of Topliss-reactive ketones (excluding diaryl/α,β-unsaturated/α-hetero) is 1. The summed E-state index contributed by atoms with van der Waals surface area (Å²) in [6.45, 7) is 1.72. The molecule has 1 heterocycles. The predicted octanol–water partition coefficient (Wildman–Crippen LogP) is 3.55. The molecule has 1 aliphatic heterocycles. The third kappa shape index (κ3) is 6.15. The SMILES string of the molecule is O=C(O)CCC/C=C\CC1C(=O)CCN1CCCC(O)C1(CC2CC2)CC1. The summed E-state index contributed by atoms with van der Waals surface area (Å²) in [4.78, 5) is 25.0. The molecule has 0 radical (unpaired) electrons. The maximum absolute atomic E-state index is 12.2. The van der Waals surface area contributed by atoms with E-state index in [9.17, 15) is 14.7 Å². The molecule has 0 aromatic rings. The van der Waals surface area contributed by atoms with Crippen molar-refractivity contribution in [1.29, 1.82) is 0 Å². The van der Waals surface area contributed by atoms with E-state index in [1.165, 1.54) is 32.1 Å². The Kier molecular flexibility index (Phi) is 7.10. The maximum atomic E-state index is 12.2. The standard InChI is InChI=1S/C22H35NO4/c24-19-11-15-23(18(19)6-3-1-2-4-8-21(26)27)14-5-7-20(25)22(12-13-22)16-17-9-10-17/h1,3,17-18,20,25H,2,4-16H2,(H,26,27)/b3-1-. The second-order valence-electron chi connectivity index (χ2n) is 8.93. The number of unbranched alkanes of at least 4 members (excludes halogenated alkanes) is 1. The normalized spacial score (nSPS) is 26.0. The van der Waals surface area contributed by atoms with Crippen LogP contribution in [0.25, 0.3) is 0 Å². The van der Waals surface area contributed by atoms with E-state index < -0.39 is 5.97 Å². The van der Waals surface area contributed by atoms with Gasteiger partial charge in [-0.05, 0) is 69.2 Å². The first-order chi connectivity index (χ1) is 13.0. The Morgan fingerprint density at radius 1 is 1.26 bits per heavy atom. The van der Waals surface area contributed by atoms with Gasteiger partial charge in [0.05, 0.1) is 12.1 Å². The predicted molar refractivity (Wildman–Crippen MR) is 104 cm³/mol. The average molecular weight is 378 g/mol. The molecule has 2 saturated carbocycles. The molecule has 27 heavy (non-hydrogen) atoms. The van der Waals surface area contributed by atoms with Crippen molar-refractivity contribution in [1.82, 2.24) is 4.90 Å². The Morgan fingerprint density at radius 3 is 2.70 bits per heavy atom. The van der Waals surface area contributed by atoms with Crippen molar-refractivity contribution < 1.29 is 19.8 Å². The quantitative estimate of drug-likeness (QED) is 0.379. The van der Waals surface area contributed by atoms with Crippen LogP contribution in [0.1, 0.15) is 77.0 Å². The third-order valence-electron chi connectivity index (χ3n) is 6.66. The smallest absolute Gasteiger partial charge is 0.303 e. The molecule has 2 aliphatic carbocycles. The van der Waals surface area contributed by atoms with Crippen molar-refractivity contribution in [3.63, 3.8) is 0 Å². The van der Waals surface area contributed by atoms with Gasteiger partial charge in [0.2, 0.25) is 0 Å². The lowest BCUT2D eigenvalue weighted by Crippen LogP contribution is -2.34. The van der Waals surface area contributed by atoms with E-state index in [1.54, 1.807) is 0 Å². The molecule has 2 unspecified atom stereocenters. The van der Waals surface area contributed by atoms with Crippen LogP contribution in [-0.2, 0) is 9.59 Å². The highest BCUT2D eigenvalue weighted by atomic mass is 16.4. The minimum absolute atomic E-state index is 0.0285. The van der Waals surface area contributed by atoms with E-state index in [4.69, 9.17) is 5.11 Å². The van der Waals surface area contributed by atoms with Gasteiger partial charge in [-0.1, -0.05) is 25.0 Å². The molecule has 2 N–H and O–H groups in total. The van der Waals surface area contributed by atoms with E-state index in [1.807, 2.05) is 12.2 Å². The molecule has 5 heteroatoms. The third-order valence-corrected chi connectivity index (χ3v) is 6.66. The Bertz CT molecular complexity index is 551. The van der Waals surface area contributed by atoms with Gasteiger partial charge in [0.25, 0.3) is 0 Å². The van der Waals surface area contributed by atoms with Crippen LogP contribution >= 0.6 is 0 Å². The number of carboxylic acid groups (broad SMARTS) is 1. The van der Waals surface area contributed by atoms with Gasteiger partial charge < -0.3 is 10.2 Å². The summed E-state index contributed by atoms with van der Waals surface area (Å²) in [6, 6.07) is -0.0285. The number of carbonyl (C=O) groups is 2. The van der Waals surface area contributed by atoms with E-state index in [0.29, 0.717) is 18.6 Å². The van der Waals surface area contributed by atoms with Crippen molar-refractivity contribution in [3.05, 3.63) is 12.2 Å². The van der Waals surface area contributed by atoms with Crippen molar-refractivity contribution in [2.75, 3.05) is 13.1 Å². The number of nitrogens with zero attached hydrogens (tertiary/aromatic N) is 1. The van der Waals surface area contributed by atoms with Gasteiger partial charge >= 0.3 is 5.97 Å². The summed E-state index contributed by atoms with van der Waals surface area (Å²) in [5.41, 5.74) is 0.236. The topological polar surface area (TPSA) is 77.8 Å². The lowest BCUT2D eigenvalue weighted by atomic mass is 9.89. The molecule has 2 atom stereocenters. The summed E-state index contributed by atoms with van der Waals surface area (Å²) in [7, 11) is 0. The number of carboxylic acids is 1. The number of carbonyl (C=O) groups excluding carboxylic acids is 1. The van der Waals surface area contributed by atoms with Crippen LogP contribution in [0.4, 0.5) is 0 Å². The first-order valence-corrected chi connectivity index (χ1v) is 10.8. The number of hydrogen-bond acceptors (Lipinski definition) is 4. The van der Waals surface area contributed by atoms with E-state index >= 15 is 0 Å². The second-order valence-corrected chi connectivity index (χ2v) is 8.93. The largest absolute Gasteiger partial charge is 0.481 e. The maximum Gasteiger partial charge on any atom is 0.303 e. The zero-order chi connectivity index (χ0) is 19.3. The molecule has 0 spiro atoms. The number of aliphatic hydroxyl groups excluding tert-OH is 1. The summed E-state index contributed by atoms with van der Waals surface area (Å²) in [5.74, 6) is 0.441. The van der Waals surface area contributed by atoms with E-state index in [2.05, 4.69) is 4.90 Å². The van der Waals surface area contributed by atoms with Crippen molar-refractivity contribution in [2.24, 2.45) is 11.3 Å². The van der Waals surface area contributed by atoms with Crippen LogP contribution in [0.3, 0.4) is 0 Å². The van der Waals surface area contributed by atoms with Gasteiger partial charge in [0.1, 0.15) is 0 Å². The Hall–Kier alpha value is -1.20. The molecule has 0 aromatic heterocycles. The number of rotatable bonds is 13. The first-order valence-electron chi connectivity index (χ1n) is 10.8. The lowest BCUT2D eigenvalue weighted by molar-refractivity contribution is -0.137. The summed E-state index contributed by atoms with van der Waals surface area (Å²) in [6.07, 6.45) is 15.0. The Morgan fingerprint density at radius 2 is 2.04 bits per heavy atom. The van der Waals surface area contributed by atoms with Crippen LogP contribution in [0.15, 0.2) is 12.2 Å². The molecular formula is C22H35NO4. The van der Waals surface area contributed by atoms with Gasteiger partial charge in [-0.15, -0.1) is 0 Å². The van der Waals surface area contributed by atoms with Crippen LogP contribution in [0, 0.1) is 11.3 Å². The fraction of sp³-hybridized carbons (Fsp3) is 0.818. The zero-order valence-electron chi connectivity index (χ0n) is 16.4. The monoisotopic (exact) mass is 377 g/mol. The van der Waals surface area contributed by atoms with Crippen LogP contribution in [0.5, 0.6) is 0 Å². The van der Waals surface area contributed by atoms with E-state index in [0.717, 1.165) is 44.7 Å². The van der Waals surface area contributed by atoms with Gasteiger partial charge in [-0.25, -0.2) is 0 Å². The highest BCUT2D eigenvalue weighted by Crippen LogP contribution is 2.57. The minimum Gasteiger partial charge on any atom is -0.481 e. The summed E-state index contributed by atoms with van der Waals surface area (Å²) >= 11 is 0. The number of aliphatic hydroxyl groups is 1. The number of hydrogen-bond donors (Lipinski definition) is 2. The first kappa shape index (κ1) is 20.5. The van der Waals surface area contributed by atoms with Crippen LogP contribution < -0.4 is 0 Å². The fourth-order valence-corrected chi connectivity index (χ4v) is 4.57. The Balaban J connectivity index is 1.35. The molecule has 3 fully saturated rings. The molecule has 1 saturated heterocycles. The van der Waals surface area contributed by atoms with Gasteiger partial charge in [0.15, 0.2) is 5.78 Å². The van der Waals surface area contributed by atoms with Gasteiger partial charge in [-0.2, -0.15) is 0 Å². The zero-order valence-corrected chi connectivity index (χ0v) is 16.4. The molecule has 0 amide bonds. The molecule has 5 nitrogen and oxygen atoms in total. The van der Waals surface area contributed by atoms with Gasteiger partial charge in [0, 0.05) is 19.4 Å². The molecular weight excluding hydrogens is 342 g/mol. The Labute approximate surface area is 162 Å². The van der Waals surface area contributed by atoms with Crippen molar-refractivity contribution in [2.45, 2.75) is 89.2 Å². The molecule has 152 valence electrons. The summed E-state index contributed by atoms with van der Waals surface area (Å²) < 4.78 is 0. The molecule has 3 aliphatic rings. The average Bonchev–Trinajstić information content (AvgIpc) is 3.55. The minimum atomic E-state index is -0.757. The van der Waals surface area contributed by atoms with Crippen LogP contribution in [-0.4, -0.2) is 52.1 Å². The second kappa shape index (κ2) is 9.33. The summed E-state index contributed by atoms with van der Waals surface area (Å²) in [5, 5.41) is 19.3. The highest BCUT2D eigenvalue weighted by Gasteiger charge is 2.50. The van der Waals surface area contributed by atoms with E-state index in [-0.39, 0.29) is 24.0 Å². The molecule has 3 rings (SSSR count). The highest BCUT2D eigenvalue weighted by molar-refractivity contribution is 5.86. The lowest BCUT2D eigenvalue weighted by Gasteiger charge is -2.25. The van der Waals surface area contributed by atoms with Crippen molar-refractivity contribution >= 4 is 11.8 Å². The van der Waals surface area contributed by atoms with Crippen molar-refractivity contribution in [3.8, 4) is 0 Å². The van der Waals surface area contributed by atoms with Gasteiger partial charge in [-0.3, -0.25) is 14.5 Å². The molecule has 0 aromatic carbocycles. The fourth-order valence-electron chi connectivity index (χ4n) is 4.57. The number of likely N-dealkylation sites (tertiary alicyclic amines) is 1. The molecule has 0 bridgehead atoms.